The Balaban J connectivity index is 2.25. The monoisotopic (exact) mass is 267 g/mol. The zero-order chi connectivity index (χ0) is 13.2. The minimum atomic E-state index is -0.843. The third kappa shape index (κ3) is 5.56. The van der Waals surface area contributed by atoms with Crippen molar-refractivity contribution >= 4 is 17.7 Å². The van der Waals surface area contributed by atoms with Crippen molar-refractivity contribution in [2.45, 2.75) is 19.8 Å². The molecule has 0 saturated heterocycles. The van der Waals surface area contributed by atoms with Gasteiger partial charge in [-0.15, -0.1) is 0 Å². The molecular weight excluding hydrogens is 246 g/mol. The minimum Gasteiger partial charge on any atom is -0.478 e. The maximum atomic E-state index is 11.0. The predicted octanol–water partition coefficient (Wildman–Crippen LogP) is 2.66. The highest BCUT2D eigenvalue weighted by Gasteiger charge is 2.07. The van der Waals surface area contributed by atoms with Gasteiger partial charge in [0.05, 0.1) is 5.56 Å². The van der Waals surface area contributed by atoms with Crippen LogP contribution in [-0.2, 0) is 6.42 Å². The fraction of sp³-hybridized carbons (Fsp3) is 0.500. The molecule has 1 aromatic rings. The van der Waals surface area contributed by atoms with Crippen LogP contribution in [0.5, 0.6) is 0 Å². The zero-order valence-corrected chi connectivity index (χ0v) is 11.6. The van der Waals surface area contributed by atoms with E-state index in [1.807, 2.05) is 23.9 Å². The van der Waals surface area contributed by atoms with Crippen LogP contribution in [0.1, 0.15) is 29.3 Å². The fourth-order valence-corrected chi connectivity index (χ4v) is 2.38. The topological polar surface area (TPSA) is 49.3 Å². The molecule has 0 spiro atoms. The number of hydrogen-bond donors (Lipinski definition) is 2. The lowest BCUT2D eigenvalue weighted by Gasteiger charge is -2.07. The Morgan fingerprint density at radius 3 is 2.83 bits per heavy atom. The van der Waals surface area contributed by atoms with Gasteiger partial charge in [-0.25, -0.2) is 4.79 Å². The minimum absolute atomic E-state index is 0.417. The second-order valence-corrected chi connectivity index (χ2v) is 5.41. The Labute approximate surface area is 113 Å². The smallest absolute Gasteiger partial charge is 0.335 e. The molecule has 2 N–H and O–H groups in total. The van der Waals surface area contributed by atoms with Crippen molar-refractivity contribution in [1.29, 1.82) is 0 Å². The van der Waals surface area contributed by atoms with Crippen LogP contribution in [0, 0.1) is 0 Å². The second-order valence-electron chi connectivity index (χ2n) is 4.01. The number of benzene rings is 1. The van der Waals surface area contributed by atoms with E-state index in [1.54, 1.807) is 12.1 Å². The Morgan fingerprint density at radius 1 is 1.33 bits per heavy atom. The highest BCUT2D eigenvalue weighted by molar-refractivity contribution is 7.99. The quantitative estimate of drug-likeness (QED) is 0.675. The van der Waals surface area contributed by atoms with E-state index in [0.29, 0.717) is 5.56 Å². The number of nitrogens with one attached hydrogen (secondary N) is 1. The predicted molar refractivity (Wildman–Crippen MR) is 77.6 cm³/mol. The van der Waals surface area contributed by atoms with Gasteiger partial charge in [-0.3, -0.25) is 0 Å². The van der Waals surface area contributed by atoms with Crippen molar-refractivity contribution in [3.05, 3.63) is 35.4 Å². The summed E-state index contributed by atoms with van der Waals surface area (Å²) in [5.41, 5.74) is 1.32. The largest absolute Gasteiger partial charge is 0.478 e. The van der Waals surface area contributed by atoms with Crippen molar-refractivity contribution < 1.29 is 9.90 Å². The number of carbonyl (C=O) groups is 1. The summed E-state index contributed by atoms with van der Waals surface area (Å²) in [7, 11) is 0. The Hall–Kier alpha value is -1.00. The van der Waals surface area contributed by atoms with Crippen LogP contribution < -0.4 is 5.32 Å². The first-order valence-corrected chi connectivity index (χ1v) is 7.50. The highest BCUT2D eigenvalue weighted by Crippen LogP contribution is 2.09. The molecule has 0 bridgehead atoms. The van der Waals surface area contributed by atoms with Gasteiger partial charge in [-0.2, -0.15) is 11.8 Å². The number of aromatic carboxylic acids is 1. The third-order valence-electron chi connectivity index (χ3n) is 2.67. The maximum Gasteiger partial charge on any atom is 0.335 e. The summed E-state index contributed by atoms with van der Waals surface area (Å²) in [6.07, 6.45) is 1.93. The average Bonchev–Trinajstić information content (AvgIpc) is 2.38. The molecule has 0 atom stereocenters. The van der Waals surface area contributed by atoms with Gasteiger partial charge in [0, 0.05) is 0 Å². The summed E-state index contributed by atoms with van der Waals surface area (Å²) in [6, 6.07) is 7.20. The van der Waals surface area contributed by atoms with E-state index in [1.165, 1.54) is 17.9 Å². The highest BCUT2D eigenvalue weighted by atomic mass is 32.2. The molecule has 0 heterocycles. The zero-order valence-electron chi connectivity index (χ0n) is 10.8. The summed E-state index contributed by atoms with van der Waals surface area (Å²) >= 11 is 1.95. The average molecular weight is 267 g/mol. The molecule has 0 fully saturated rings. The van der Waals surface area contributed by atoms with Crippen molar-refractivity contribution in [2.75, 3.05) is 24.6 Å². The standard InChI is InChI=1S/C14H21NO2S/c1-2-18-11-5-9-15-10-8-12-6-3-4-7-13(12)14(16)17/h3-4,6-7,15H,2,5,8-11H2,1H3,(H,16,17). The molecule has 1 aromatic carbocycles. The molecule has 3 nitrogen and oxygen atoms in total. The normalized spacial score (nSPS) is 10.5. The molecule has 0 aliphatic heterocycles. The van der Waals surface area contributed by atoms with E-state index in [2.05, 4.69) is 12.2 Å². The summed E-state index contributed by atoms with van der Waals surface area (Å²) in [4.78, 5) is 11.0. The SMILES string of the molecule is CCSCCCNCCc1ccccc1C(=O)O. The van der Waals surface area contributed by atoms with Gasteiger partial charge < -0.3 is 10.4 Å². The molecule has 0 aliphatic carbocycles. The van der Waals surface area contributed by atoms with Gasteiger partial charge in [0.1, 0.15) is 0 Å². The molecule has 0 saturated carbocycles. The molecule has 0 radical (unpaired) electrons. The molecule has 18 heavy (non-hydrogen) atoms. The van der Waals surface area contributed by atoms with E-state index in [0.717, 1.165) is 25.1 Å². The lowest BCUT2D eigenvalue weighted by atomic mass is 10.0. The van der Waals surface area contributed by atoms with E-state index in [-0.39, 0.29) is 0 Å². The second kappa shape index (κ2) is 9.00. The van der Waals surface area contributed by atoms with Crippen LogP contribution in [-0.4, -0.2) is 35.7 Å². The lowest BCUT2D eigenvalue weighted by molar-refractivity contribution is 0.0695. The van der Waals surface area contributed by atoms with Crippen LogP contribution in [0.3, 0.4) is 0 Å². The molecule has 4 heteroatoms. The van der Waals surface area contributed by atoms with Crippen molar-refractivity contribution in [3.63, 3.8) is 0 Å². The molecule has 0 aromatic heterocycles. The van der Waals surface area contributed by atoms with Crippen LogP contribution >= 0.6 is 11.8 Å². The molecule has 0 aliphatic rings. The molecular formula is C14H21NO2S. The van der Waals surface area contributed by atoms with E-state index < -0.39 is 5.97 Å². The first-order valence-electron chi connectivity index (χ1n) is 6.35. The Kier molecular flexibility index (Phi) is 7.53. The van der Waals surface area contributed by atoms with E-state index in [4.69, 9.17) is 5.11 Å². The van der Waals surface area contributed by atoms with Crippen LogP contribution in [0.2, 0.25) is 0 Å². The summed E-state index contributed by atoms with van der Waals surface area (Å²) < 4.78 is 0. The third-order valence-corrected chi connectivity index (χ3v) is 3.65. The van der Waals surface area contributed by atoms with Crippen molar-refractivity contribution in [2.24, 2.45) is 0 Å². The molecule has 100 valence electrons. The fourth-order valence-electron chi connectivity index (χ4n) is 1.74. The van der Waals surface area contributed by atoms with Gasteiger partial charge in [-0.05, 0) is 49.1 Å². The van der Waals surface area contributed by atoms with Crippen molar-refractivity contribution in [3.8, 4) is 0 Å². The maximum absolute atomic E-state index is 11.0. The van der Waals surface area contributed by atoms with Gasteiger partial charge >= 0.3 is 5.97 Å². The van der Waals surface area contributed by atoms with E-state index in [9.17, 15) is 4.79 Å². The van der Waals surface area contributed by atoms with Gasteiger partial charge in [0.25, 0.3) is 0 Å². The van der Waals surface area contributed by atoms with Crippen LogP contribution in [0.15, 0.2) is 24.3 Å². The van der Waals surface area contributed by atoms with Gasteiger partial charge in [0.15, 0.2) is 0 Å². The first kappa shape index (κ1) is 15.1. The molecule has 0 unspecified atom stereocenters. The van der Waals surface area contributed by atoms with Crippen molar-refractivity contribution in [1.82, 2.24) is 5.32 Å². The summed E-state index contributed by atoms with van der Waals surface area (Å²) in [5, 5.41) is 12.4. The Morgan fingerprint density at radius 2 is 2.11 bits per heavy atom. The summed E-state index contributed by atoms with van der Waals surface area (Å²) in [5.74, 6) is 1.52. The molecule has 0 amide bonds. The number of carboxylic acid groups (broad SMARTS) is 1. The number of thioether (sulfide) groups is 1. The van der Waals surface area contributed by atoms with Crippen LogP contribution in [0.25, 0.3) is 0 Å². The number of hydrogen-bond acceptors (Lipinski definition) is 3. The molecule has 1 rings (SSSR count). The number of rotatable bonds is 9. The first-order chi connectivity index (χ1) is 8.75. The van der Waals surface area contributed by atoms with E-state index >= 15 is 0 Å². The van der Waals surface area contributed by atoms with Gasteiger partial charge in [0.2, 0.25) is 0 Å². The van der Waals surface area contributed by atoms with Crippen LogP contribution in [0.4, 0.5) is 0 Å². The van der Waals surface area contributed by atoms with Gasteiger partial charge in [-0.1, -0.05) is 25.1 Å². The summed E-state index contributed by atoms with van der Waals surface area (Å²) in [6.45, 7) is 4.00. The Bertz CT molecular complexity index is 369. The number of carboxylic acids is 1. The lowest BCUT2D eigenvalue weighted by Crippen LogP contribution is -2.20.